The number of hydrogen-bond acceptors (Lipinski definition) is 3. The van der Waals surface area contributed by atoms with E-state index in [-0.39, 0.29) is 5.91 Å². The van der Waals surface area contributed by atoms with Crippen LogP contribution in [0.5, 0.6) is 0 Å². The average Bonchev–Trinajstić information content (AvgIpc) is 2.98. The van der Waals surface area contributed by atoms with Gasteiger partial charge in [-0.05, 0) is 31.9 Å². The van der Waals surface area contributed by atoms with E-state index in [0.29, 0.717) is 12.1 Å². The number of benzene rings is 1. The van der Waals surface area contributed by atoms with E-state index in [1.807, 2.05) is 34.7 Å². The second-order valence-electron chi connectivity index (χ2n) is 7.35. The Morgan fingerprint density at radius 2 is 1.92 bits per heavy atom. The molecule has 0 aliphatic carbocycles. The predicted molar refractivity (Wildman–Crippen MR) is 98.8 cm³/mol. The number of rotatable bonds is 2. The minimum absolute atomic E-state index is 0.160. The fraction of sp³-hybridized carbons (Fsp3) is 0.550. The van der Waals surface area contributed by atoms with Crippen LogP contribution in [-0.2, 0) is 11.8 Å². The molecule has 5 nitrogen and oxygen atoms in total. The molecule has 1 amide bonds. The molecule has 134 valence electrons. The number of hydrogen-bond donors (Lipinski definition) is 0. The number of aryl methyl sites for hydroxylation is 1. The van der Waals surface area contributed by atoms with Crippen LogP contribution in [0.4, 0.5) is 0 Å². The third kappa shape index (κ3) is 3.18. The Morgan fingerprint density at radius 3 is 2.64 bits per heavy atom. The van der Waals surface area contributed by atoms with Gasteiger partial charge in [-0.2, -0.15) is 0 Å². The van der Waals surface area contributed by atoms with Gasteiger partial charge in [-0.1, -0.05) is 18.2 Å². The molecular weight excluding hydrogens is 314 g/mol. The molecule has 4 rings (SSSR count). The molecule has 0 spiro atoms. The van der Waals surface area contributed by atoms with Gasteiger partial charge in [-0.25, -0.2) is 0 Å². The van der Waals surface area contributed by atoms with E-state index in [4.69, 9.17) is 4.74 Å². The Kier molecular flexibility index (Phi) is 4.52. The summed E-state index contributed by atoms with van der Waals surface area (Å²) in [6, 6.07) is 10.8. The largest absolute Gasteiger partial charge is 0.376 e. The third-order valence-corrected chi connectivity index (χ3v) is 5.71. The van der Waals surface area contributed by atoms with Gasteiger partial charge < -0.3 is 14.2 Å². The Bertz CT molecular complexity index is 761. The molecule has 1 aromatic heterocycles. The van der Waals surface area contributed by atoms with Crippen LogP contribution in [0.15, 0.2) is 30.3 Å². The van der Waals surface area contributed by atoms with Crippen molar-refractivity contribution in [3.05, 3.63) is 36.0 Å². The number of morpholine rings is 1. The summed E-state index contributed by atoms with van der Waals surface area (Å²) >= 11 is 0. The Balaban J connectivity index is 1.43. The molecule has 3 heterocycles. The van der Waals surface area contributed by atoms with Crippen molar-refractivity contribution in [2.75, 3.05) is 32.8 Å². The molecule has 1 atom stereocenters. The maximum atomic E-state index is 13.0. The van der Waals surface area contributed by atoms with Gasteiger partial charge in [0.2, 0.25) is 0 Å². The summed E-state index contributed by atoms with van der Waals surface area (Å²) in [7, 11) is 1.98. The molecule has 1 unspecified atom stereocenters. The fourth-order valence-corrected chi connectivity index (χ4v) is 4.27. The van der Waals surface area contributed by atoms with E-state index in [1.54, 1.807) is 0 Å². The Morgan fingerprint density at radius 1 is 1.16 bits per heavy atom. The Hall–Kier alpha value is -1.85. The first-order valence-corrected chi connectivity index (χ1v) is 9.33. The van der Waals surface area contributed by atoms with Crippen LogP contribution in [0.25, 0.3) is 10.9 Å². The summed E-state index contributed by atoms with van der Waals surface area (Å²) in [5.41, 5.74) is 1.91. The monoisotopic (exact) mass is 341 g/mol. The topological polar surface area (TPSA) is 37.7 Å². The van der Waals surface area contributed by atoms with Gasteiger partial charge >= 0.3 is 0 Å². The highest BCUT2D eigenvalue weighted by atomic mass is 16.5. The molecule has 25 heavy (non-hydrogen) atoms. The van der Waals surface area contributed by atoms with Gasteiger partial charge in [0.05, 0.1) is 12.7 Å². The van der Waals surface area contributed by atoms with Crippen LogP contribution >= 0.6 is 0 Å². The summed E-state index contributed by atoms with van der Waals surface area (Å²) in [5.74, 6) is 0.160. The molecule has 0 bridgehead atoms. The summed E-state index contributed by atoms with van der Waals surface area (Å²) < 4.78 is 7.67. The second kappa shape index (κ2) is 6.81. The van der Waals surface area contributed by atoms with E-state index >= 15 is 0 Å². The van der Waals surface area contributed by atoms with Crippen LogP contribution in [0.3, 0.4) is 0 Å². The molecule has 2 saturated heterocycles. The van der Waals surface area contributed by atoms with E-state index in [9.17, 15) is 4.79 Å². The molecule has 0 saturated carbocycles. The number of piperidine rings is 1. The first kappa shape index (κ1) is 16.6. The van der Waals surface area contributed by atoms with Crippen molar-refractivity contribution < 1.29 is 9.53 Å². The number of likely N-dealkylation sites (tertiary alicyclic amines) is 1. The van der Waals surface area contributed by atoms with Gasteiger partial charge in [0, 0.05) is 50.2 Å². The van der Waals surface area contributed by atoms with Gasteiger partial charge in [-0.15, -0.1) is 0 Å². The van der Waals surface area contributed by atoms with Crippen molar-refractivity contribution in [2.45, 2.75) is 31.9 Å². The van der Waals surface area contributed by atoms with Crippen LogP contribution in [0.1, 0.15) is 30.3 Å². The van der Waals surface area contributed by atoms with E-state index in [2.05, 4.69) is 24.0 Å². The number of nitrogens with zero attached hydrogens (tertiary/aromatic N) is 3. The van der Waals surface area contributed by atoms with Crippen LogP contribution < -0.4 is 0 Å². The first-order valence-electron chi connectivity index (χ1n) is 9.33. The molecule has 2 aliphatic rings. The number of amides is 1. The first-order chi connectivity index (χ1) is 12.1. The number of carbonyl (C=O) groups excluding carboxylic acids is 1. The lowest BCUT2D eigenvalue weighted by Gasteiger charge is -2.41. The number of ether oxygens (including phenoxy) is 1. The minimum Gasteiger partial charge on any atom is -0.376 e. The van der Waals surface area contributed by atoms with Gasteiger partial charge in [-0.3, -0.25) is 9.69 Å². The molecular formula is C20H27N3O2. The zero-order chi connectivity index (χ0) is 17.4. The normalized spacial score (nSPS) is 23.3. The highest BCUT2D eigenvalue weighted by Crippen LogP contribution is 2.23. The lowest BCUT2D eigenvalue weighted by atomic mass is 10.0. The number of para-hydroxylation sites is 1. The van der Waals surface area contributed by atoms with Crippen molar-refractivity contribution in [3.8, 4) is 0 Å². The van der Waals surface area contributed by atoms with Crippen LogP contribution in [0.2, 0.25) is 0 Å². The van der Waals surface area contributed by atoms with Crippen molar-refractivity contribution >= 4 is 16.8 Å². The zero-order valence-corrected chi connectivity index (χ0v) is 15.1. The Labute approximate surface area is 149 Å². The van der Waals surface area contributed by atoms with Crippen molar-refractivity contribution in [3.63, 3.8) is 0 Å². The lowest BCUT2D eigenvalue weighted by Crippen LogP contribution is -2.51. The number of fused-ring (bicyclic) bond motifs is 1. The minimum atomic E-state index is 0.160. The van der Waals surface area contributed by atoms with E-state index < -0.39 is 0 Å². The number of aromatic nitrogens is 1. The van der Waals surface area contributed by atoms with E-state index in [0.717, 1.165) is 62.2 Å². The predicted octanol–water partition coefficient (Wildman–Crippen LogP) is 2.50. The van der Waals surface area contributed by atoms with E-state index in [1.165, 1.54) is 0 Å². The van der Waals surface area contributed by atoms with Gasteiger partial charge in [0.1, 0.15) is 5.69 Å². The molecule has 0 radical (unpaired) electrons. The highest BCUT2D eigenvalue weighted by Gasteiger charge is 2.30. The van der Waals surface area contributed by atoms with Crippen molar-refractivity contribution in [2.24, 2.45) is 7.05 Å². The van der Waals surface area contributed by atoms with Crippen molar-refractivity contribution in [1.29, 1.82) is 0 Å². The number of carbonyl (C=O) groups is 1. The van der Waals surface area contributed by atoms with Gasteiger partial charge in [0.25, 0.3) is 5.91 Å². The van der Waals surface area contributed by atoms with Gasteiger partial charge in [0.15, 0.2) is 0 Å². The standard InChI is InChI=1S/C20H27N3O2/c1-15-14-23(11-12-25-15)17-7-9-22(10-8-17)20(24)19-13-16-5-3-4-6-18(16)21(19)2/h3-6,13,15,17H,7-12,14H2,1-2H3. The van der Waals surface area contributed by atoms with Crippen molar-refractivity contribution in [1.82, 2.24) is 14.4 Å². The molecule has 2 aliphatic heterocycles. The molecule has 1 aromatic carbocycles. The zero-order valence-electron chi connectivity index (χ0n) is 15.1. The third-order valence-electron chi connectivity index (χ3n) is 5.71. The lowest BCUT2D eigenvalue weighted by molar-refractivity contribution is -0.0424. The smallest absolute Gasteiger partial charge is 0.270 e. The molecule has 5 heteroatoms. The maximum absolute atomic E-state index is 13.0. The fourth-order valence-electron chi connectivity index (χ4n) is 4.27. The summed E-state index contributed by atoms with van der Waals surface area (Å²) in [4.78, 5) is 17.6. The molecule has 2 fully saturated rings. The summed E-state index contributed by atoms with van der Waals surface area (Å²) in [6.45, 7) is 6.70. The summed E-state index contributed by atoms with van der Waals surface area (Å²) in [5, 5.41) is 1.13. The molecule has 0 N–H and O–H groups in total. The average molecular weight is 341 g/mol. The van der Waals surface area contributed by atoms with Crippen LogP contribution in [0, 0.1) is 0 Å². The SMILES string of the molecule is CC1CN(C2CCN(C(=O)c3cc4ccccc4n3C)CC2)CCO1. The van der Waals surface area contributed by atoms with Crippen LogP contribution in [-0.4, -0.2) is 65.2 Å². The highest BCUT2D eigenvalue weighted by molar-refractivity contribution is 5.98. The second-order valence-corrected chi connectivity index (χ2v) is 7.35. The summed E-state index contributed by atoms with van der Waals surface area (Å²) in [6.07, 6.45) is 2.44. The maximum Gasteiger partial charge on any atom is 0.270 e. The molecule has 2 aromatic rings. The quantitative estimate of drug-likeness (QED) is 0.842.